The number of hydrogen-bond donors (Lipinski definition) is 2. The SMILES string of the molecule is CC(=O)N1c2ccc(C3=CCNCC3)cc2[C@@H](Nc2cccc(C)n2)[C@@H](C)[C@@H]1C1CC1. The average Bonchev–Trinajstić information content (AvgIpc) is 3.60. The molecule has 0 bridgehead atoms. The van der Waals surface area contributed by atoms with Crippen LogP contribution in [0.1, 0.15) is 56.0 Å². The largest absolute Gasteiger partial charge is 0.363 e. The van der Waals surface area contributed by atoms with E-state index in [1.54, 1.807) is 6.92 Å². The van der Waals surface area contributed by atoms with E-state index in [0.717, 1.165) is 36.7 Å². The van der Waals surface area contributed by atoms with Crippen molar-refractivity contribution in [3.63, 3.8) is 0 Å². The molecule has 0 unspecified atom stereocenters. The summed E-state index contributed by atoms with van der Waals surface area (Å²) in [7, 11) is 0. The van der Waals surface area contributed by atoms with Crippen LogP contribution in [0, 0.1) is 18.8 Å². The van der Waals surface area contributed by atoms with Crippen molar-refractivity contribution in [2.24, 2.45) is 11.8 Å². The van der Waals surface area contributed by atoms with E-state index in [9.17, 15) is 4.79 Å². The van der Waals surface area contributed by atoms with Crippen LogP contribution in [0.3, 0.4) is 0 Å². The van der Waals surface area contributed by atoms with Crippen LogP contribution in [-0.4, -0.2) is 30.0 Å². The third-order valence-corrected chi connectivity index (χ3v) is 7.06. The fraction of sp³-hybridized carbons (Fsp3) is 0.462. The number of fused-ring (bicyclic) bond motifs is 1. The summed E-state index contributed by atoms with van der Waals surface area (Å²) < 4.78 is 0. The van der Waals surface area contributed by atoms with Crippen molar-refractivity contribution < 1.29 is 4.79 Å². The topological polar surface area (TPSA) is 57.3 Å². The van der Waals surface area contributed by atoms with Gasteiger partial charge in [0, 0.05) is 36.8 Å². The second kappa shape index (κ2) is 8.12. The van der Waals surface area contributed by atoms with Gasteiger partial charge in [-0.15, -0.1) is 0 Å². The van der Waals surface area contributed by atoms with Crippen LogP contribution >= 0.6 is 0 Å². The molecule has 5 rings (SSSR count). The van der Waals surface area contributed by atoms with Crippen LogP contribution in [0.25, 0.3) is 5.57 Å². The summed E-state index contributed by atoms with van der Waals surface area (Å²) in [6.45, 7) is 7.96. The molecule has 0 radical (unpaired) electrons. The molecule has 2 N–H and O–H groups in total. The first-order chi connectivity index (χ1) is 15.0. The van der Waals surface area contributed by atoms with Crippen molar-refractivity contribution in [2.45, 2.75) is 52.1 Å². The Morgan fingerprint density at radius 1 is 1.23 bits per heavy atom. The van der Waals surface area contributed by atoms with Crippen LogP contribution in [-0.2, 0) is 4.79 Å². The number of rotatable bonds is 4. The second-order valence-corrected chi connectivity index (χ2v) is 9.32. The van der Waals surface area contributed by atoms with Crippen LogP contribution in [0.5, 0.6) is 0 Å². The number of anilines is 2. The van der Waals surface area contributed by atoms with Gasteiger partial charge in [-0.3, -0.25) is 4.79 Å². The number of carbonyl (C=O) groups is 1. The molecule has 5 heteroatoms. The summed E-state index contributed by atoms with van der Waals surface area (Å²) in [5.41, 5.74) is 5.93. The van der Waals surface area contributed by atoms with Gasteiger partial charge in [0.05, 0.1) is 6.04 Å². The molecule has 1 aromatic heterocycles. The Morgan fingerprint density at radius 3 is 2.74 bits per heavy atom. The Bertz CT molecular complexity index is 1030. The first kappa shape index (κ1) is 20.3. The highest BCUT2D eigenvalue weighted by Crippen LogP contribution is 2.50. The Balaban J connectivity index is 1.61. The molecule has 0 saturated heterocycles. The molecule has 1 saturated carbocycles. The Hall–Kier alpha value is -2.66. The molecule has 2 aromatic rings. The summed E-state index contributed by atoms with van der Waals surface area (Å²) in [4.78, 5) is 19.6. The lowest BCUT2D eigenvalue weighted by Crippen LogP contribution is -2.51. The third kappa shape index (κ3) is 3.87. The van der Waals surface area contributed by atoms with Crippen molar-refractivity contribution in [3.8, 4) is 0 Å². The lowest BCUT2D eigenvalue weighted by atomic mass is 9.79. The fourth-order valence-electron chi connectivity index (χ4n) is 5.43. The number of aromatic nitrogens is 1. The predicted octanol–water partition coefficient (Wildman–Crippen LogP) is 4.70. The predicted molar refractivity (Wildman–Crippen MR) is 126 cm³/mol. The quantitative estimate of drug-likeness (QED) is 0.758. The maximum atomic E-state index is 12.8. The lowest BCUT2D eigenvalue weighted by Gasteiger charge is -2.46. The number of aryl methyl sites for hydroxylation is 1. The summed E-state index contributed by atoms with van der Waals surface area (Å²) in [6, 6.07) is 13.2. The molecule has 1 aliphatic carbocycles. The molecule has 1 aromatic carbocycles. The zero-order chi connectivity index (χ0) is 21.5. The molecule has 3 atom stereocenters. The summed E-state index contributed by atoms with van der Waals surface area (Å²) >= 11 is 0. The van der Waals surface area contributed by atoms with Gasteiger partial charge in [0.25, 0.3) is 0 Å². The number of carbonyl (C=O) groups excluding carboxylic acids is 1. The number of nitrogens with zero attached hydrogens (tertiary/aromatic N) is 2. The zero-order valence-electron chi connectivity index (χ0n) is 18.7. The van der Waals surface area contributed by atoms with Gasteiger partial charge in [-0.25, -0.2) is 4.98 Å². The van der Waals surface area contributed by atoms with E-state index in [2.05, 4.69) is 52.8 Å². The van der Waals surface area contributed by atoms with Crippen molar-refractivity contribution in [1.82, 2.24) is 10.3 Å². The molecule has 2 aliphatic heterocycles. The molecule has 31 heavy (non-hydrogen) atoms. The van der Waals surface area contributed by atoms with Gasteiger partial charge in [-0.1, -0.05) is 25.1 Å². The van der Waals surface area contributed by atoms with Crippen LogP contribution in [0.2, 0.25) is 0 Å². The molecule has 0 spiro atoms. The summed E-state index contributed by atoms with van der Waals surface area (Å²) in [5.74, 6) is 1.93. The minimum atomic E-state index is 0.118. The molecular formula is C26H32N4O. The van der Waals surface area contributed by atoms with Gasteiger partial charge in [-0.05, 0) is 79.6 Å². The molecular weight excluding hydrogens is 384 g/mol. The fourth-order valence-corrected chi connectivity index (χ4v) is 5.43. The standard InChI is InChI=1S/C26H32N4O/c1-16-5-4-6-24(28-16)29-25-17(2)26(20-7-8-20)30(18(3)31)23-10-9-21(15-22(23)25)19-11-13-27-14-12-19/h4-6,9-11,15,17,20,25-27H,7-8,12-14H2,1-3H3,(H,28,29)/t17-,25+,26-/m1/s1. The number of hydrogen-bond acceptors (Lipinski definition) is 4. The molecule has 162 valence electrons. The minimum Gasteiger partial charge on any atom is -0.363 e. The molecule has 5 nitrogen and oxygen atoms in total. The van der Waals surface area contributed by atoms with Crippen LogP contribution in [0.15, 0.2) is 42.5 Å². The maximum absolute atomic E-state index is 12.8. The molecule has 3 aliphatic rings. The van der Waals surface area contributed by atoms with Crippen LogP contribution < -0.4 is 15.5 Å². The van der Waals surface area contributed by atoms with E-state index < -0.39 is 0 Å². The van der Waals surface area contributed by atoms with Crippen molar-refractivity contribution >= 4 is 23.0 Å². The van der Waals surface area contributed by atoms with Gasteiger partial charge in [0.2, 0.25) is 5.91 Å². The number of benzene rings is 1. The maximum Gasteiger partial charge on any atom is 0.224 e. The number of pyridine rings is 1. The Kier molecular flexibility index (Phi) is 5.30. The smallest absolute Gasteiger partial charge is 0.224 e. The van der Waals surface area contributed by atoms with E-state index >= 15 is 0 Å². The third-order valence-electron chi connectivity index (χ3n) is 7.06. The van der Waals surface area contributed by atoms with E-state index in [0.29, 0.717) is 11.8 Å². The first-order valence-corrected chi connectivity index (χ1v) is 11.6. The van der Waals surface area contributed by atoms with Crippen molar-refractivity contribution in [1.29, 1.82) is 0 Å². The number of amides is 1. The molecule has 3 heterocycles. The normalized spacial score (nSPS) is 25.6. The first-order valence-electron chi connectivity index (χ1n) is 11.6. The van der Waals surface area contributed by atoms with Crippen molar-refractivity contribution in [3.05, 3.63) is 59.3 Å². The highest BCUT2D eigenvalue weighted by Gasteiger charge is 2.47. The van der Waals surface area contributed by atoms with E-state index in [1.165, 1.54) is 29.5 Å². The van der Waals surface area contributed by atoms with Gasteiger partial charge in [0.1, 0.15) is 5.82 Å². The second-order valence-electron chi connectivity index (χ2n) is 9.32. The van der Waals surface area contributed by atoms with Gasteiger partial charge >= 0.3 is 0 Å². The summed E-state index contributed by atoms with van der Waals surface area (Å²) in [5, 5.41) is 7.15. The Morgan fingerprint density at radius 2 is 2.06 bits per heavy atom. The minimum absolute atomic E-state index is 0.118. The Labute approximate surface area is 184 Å². The van der Waals surface area contributed by atoms with E-state index in [4.69, 9.17) is 4.98 Å². The number of nitrogens with one attached hydrogen (secondary N) is 2. The highest BCUT2D eigenvalue weighted by atomic mass is 16.2. The van der Waals surface area contributed by atoms with Gasteiger partial charge < -0.3 is 15.5 Å². The van der Waals surface area contributed by atoms with E-state index in [1.807, 2.05) is 19.1 Å². The average molecular weight is 417 g/mol. The van der Waals surface area contributed by atoms with E-state index in [-0.39, 0.29) is 18.0 Å². The van der Waals surface area contributed by atoms with Crippen molar-refractivity contribution in [2.75, 3.05) is 23.3 Å². The molecule has 1 fully saturated rings. The van der Waals surface area contributed by atoms with Gasteiger partial charge in [0.15, 0.2) is 0 Å². The lowest BCUT2D eigenvalue weighted by molar-refractivity contribution is -0.117. The molecule has 1 amide bonds. The van der Waals surface area contributed by atoms with Gasteiger partial charge in [-0.2, -0.15) is 0 Å². The zero-order valence-corrected chi connectivity index (χ0v) is 18.7. The summed E-state index contributed by atoms with van der Waals surface area (Å²) in [6.07, 6.45) is 5.74. The van der Waals surface area contributed by atoms with Crippen LogP contribution in [0.4, 0.5) is 11.5 Å². The highest BCUT2D eigenvalue weighted by molar-refractivity contribution is 5.94. The monoisotopic (exact) mass is 416 g/mol.